The fourth-order valence-electron chi connectivity index (χ4n) is 2.28. The van der Waals surface area contributed by atoms with Gasteiger partial charge < -0.3 is 10.6 Å². The average Bonchev–Trinajstić information content (AvgIpc) is 2.67. The molecule has 0 unspecified atom stereocenters. The van der Waals surface area contributed by atoms with Gasteiger partial charge in [-0.1, -0.05) is 28.1 Å². The zero-order valence-corrected chi connectivity index (χ0v) is 10.9. The van der Waals surface area contributed by atoms with Crippen molar-refractivity contribution >= 4 is 49.7 Å². The van der Waals surface area contributed by atoms with E-state index in [0.29, 0.717) is 0 Å². The lowest BCUT2D eigenvalue weighted by Crippen LogP contribution is -1.93. The molecule has 0 atom stereocenters. The summed E-state index contributed by atoms with van der Waals surface area (Å²) in [7, 11) is 0. The van der Waals surface area contributed by atoms with Gasteiger partial charge in [-0.05, 0) is 24.3 Å². The van der Waals surface area contributed by atoms with Gasteiger partial charge in [0.25, 0.3) is 0 Å². The first kappa shape index (κ1) is 9.96. The molecule has 18 heavy (non-hydrogen) atoms. The van der Waals surface area contributed by atoms with Crippen molar-refractivity contribution in [2.75, 3.05) is 10.6 Å². The molecule has 0 saturated carbocycles. The minimum Gasteiger partial charge on any atom is -0.353 e. The monoisotopic (exact) mass is 300 g/mol. The highest BCUT2D eigenvalue weighted by molar-refractivity contribution is 9.10. The molecule has 4 nitrogen and oxygen atoms in total. The van der Waals surface area contributed by atoms with Crippen molar-refractivity contribution in [2.24, 2.45) is 0 Å². The zero-order valence-electron chi connectivity index (χ0n) is 9.29. The predicted octanol–water partition coefficient (Wildman–Crippen LogP) is 4.13. The number of para-hydroxylation sites is 2. The lowest BCUT2D eigenvalue weighted by Gasteiger charge is -2.08. The highest BCUT2D eigenvalue weighted by Gasteiger charge is 2.17. The van der Waals surface area contributed by atoms with Crippen LogP contribution in [0, 0.1) is 0 Å². The molecule has 1 aliphatic rings. The number of rotatable bonds is 0. The third-order valence-corrected chi connectivity index (χ3v) is 3.54. The van der Waals surface area contributed by atoms with E-state index in [1.807, 2.05) is 30.3 Å². The second-order valence-electron chi connectivity index (χ2n) is 4.24. The minimum atomic E-state index is 0.852. The Morgan fingerprint density at radius 2 is 1.72 bits per heavy atom. The van der Waals surface area contributed by atoms with Crippen molar-refractivity contribution in [3.05, 3.63) is 40.9 Å². The van der Waals surface area contributed by atoms with Gasteiger partial charge in [-0.15, -0.1) is 0 Å². The normalized spacial score (nSPS) is 12.5. The van der Waals surface area contributed by atoms with E-state index in [-0.39, 0.29) is 0 Å². The highest BCUT2D eigenvalue weighted by Crippen LogP contribution is 2.40. The van der Waals surface area contributed by atoms with Crippen LogP contribution in [0.2, 0.25) is 0 Å². The molecule has 0 amide bonds. The maximum absolute atomic E-state index is 4.33. The van der Waals surface area contributed by atoms with Crippen molar-refractivity contribution in [2.45, 2.75) is 0 Å². The summed E-state index contributed by atoms with van der Waals surface area (Å²) in [5.74, 6) is 0.852. The van der Waals surface area contributed by atoms with Crippen LogP contribution in [-0.2, 0) is 0 Å². The van der Waals surface area contributed by atoms with Crippen LogP contribution in [0.15, 0.2) is 40.9 Å². The standard InChI is InChI=1S/C13H9BrN4/c14-7-5-10-12-11(6-7)17-18-13(12)16-9-4-2-1-3-8(9)15-10/h1-6,15H,(H2,16,17,18). The van der Waals surface area contributed by atoms with E-state index < -0.39 is 0 Å². The molecule has 5 heteroatoms. The van der Waals surface area contributed by atoms with Crippen LogP contribution in [0.3, 0.4) is 0 Å². The SMILES string of the molecule is Brc1cc2c3c(n[nH]c3c1)Nc1ccccc1N2. The van der Waals surface area contributed by atoms with Crippen molar-refractivity contribution in [1.29, 1.82) is 0 Å². The third-order valence-electron chi connectivity index (χ3n) is 3.08. The van der Waals surface area contributed by atoms with Crippen LogP contribution < -0.4 is 10.6 Å². The third kappa shape index (κ3) is 1.34. The summed E-state index contributed by atoms with van der Waals surface area (Å²) in [5, 5.41) is 15.2. The van der Waals surface area contributed by atoms with E-state index in [9.17, 15) is 0 Å². The molecule has 0 fully saturated rings. The Bertz CT molecular complexity index is 763. The number of H-pyrrole nitrogens is 1. The summed E-state index contributed by atoms with van der Waals surface area (Å²) < 4.78 is 1.02. The van der Waals surface area contributed by atoms with Crippen LogP contribution >= 0.6 is 15.9 Å². The Hall–Kier alpha value is -2.01. The largest absolute Gasteiger partial charge is 0.353 e. The molecule has 0 bridgehead atoms. The molecule has 1 aliphatic heterocycles. The molecule has 0 spiro atoms. The Labute approximate surface area is 112 Å². The van der Waals surface area contributed by atoms with Crippen molar-refractivity contribution in [3.63, 3.8) is 0 Å². The Morgan fingerprint density at radius 3 is 2.56 bits per heavy atom. The van der Waals surface area contributed by atoms with Crippen LogP contribution in [0.5, 0.6) is 0 Å². The topological polar surface area (TPSA) is 52.7 Å². The van der Waals surface area contributed by atoms with Gasteiger partial charge in [0.15, 0.2) is 5.82 Å². The smallest absolute Gasteiger partial charge is 0.162 e. The van der Waals surface area contributed by atoms with E-state index in [1.54, 1.807) is 0 Å². The first-order valence-corrected chi connectivity index (χ1v) is 6.41. The van der Waals surface area contributed by atoms with Crippen LogP contribution in [-0.4, -0.2) is 10.2 Å². The van der Waals surface area contributed by atoms with Crippen LogP contribution in [0.1, 0.15) is 0 Å². The molecule has 4 rings (SSSR count). The van der Waals surface area contributed by atoms with Crippen molar-refractivity contribution in [1.82, 2.24) is 10.2 Å². The number of halogens is 1. The summed E-state index contributed by atoms with van der Waals surface area (Å²) >= 11 is 3.51. The average molecular weight is 301 g/mol. The fraction of sp³-hybridized carbons (Fsp3) is 0. The molecule has 3 aromatic rings. The van der Waals surface area contributed by atoms with Gasteiger partial charge in [0.2, 0.25) is 0 Å². The van der Waals surface area contributed by atoms with E-state index in [1.165, 1.54) is 0 Å². The van der Waals surface area contributed by atoms with Gasteiger partial charge in [-0.2, -0.15) is 5.10 Å². The zero-order chi connectivity index (χ0) is 12.1. The minimum absolute atomic E-state index is 0.852. The predicted molar refractivity (Wildman–Crippen MR) is 76.8 cm³/mol. The number of nitrogens with one attached hydrogen (secondary N) is 3. The highest BCUT2D eigenvalue weighted by atomic mass is 79.9. The Balaban J connectivity index is 2.06. The molecule has 2 heterocycles. The maximum atomic E-state index is 4.33. The number of hydrogen-bond donors (Lipinski definition) is 3. The summed E-state index contributed by atoms with van der Waals surface area (Å²) in [5.41, 5.74) is 4.12. The second kappa shape index (κ2) is 3.49. The molecule has 2 aromatic carbocycles. The fourth-order valence-corrected chi connectivity index (χ4v) is 2.74. The molecular formula is C13H9BrN4. The van der Waals surface area contributed by atoms with Gasteiger partial charge in [0.1, 0.15) is 0 Å². The van der Waals surface area contributed by atoms with Gasteiger partial charge in [-0.25, -0.2) is 0 Å². The lowest BCUT2D eigenvalue weighted by atomic mass is 10.2. The van der Waals surface area contributed by atoms with Crippen LogP contribution in [0.4, 0.5) is 22.9 Å². The number of hydrogen-bond acceptors (Lipinski definition) is 3. The Morgan fingerprint density at radius 1 is 0.944 bits per heavy atom. The molecule has 3 N–H and O–H groups in total. The van der Waals surface area contributed by atoms with Crippen molar-refractivity contribution < 1.29 is 0 Å². The summed E-state index contributed by atoms with van der Waals surface area (Å²) in [6.07, 6.45) is 0. The summed E-state index contributed by atoms with van der Waals surface area (Å²) in [6, 6.07) is 12.2. The van der Waals surface area contributed by atoms with E-state index in [4.69, 9.17) is 0 Å². The van der Waals surface area contributed by atoms with Gasteiger partial charge in [-0.3, -0.25) is 5.10 Å². The number of nitrogens with zero attached hydrogens (tertiary/aromatic N) is 1. The number of benzene rings is 2. The number of anilines is 4. The first-order chi connectivity index (χ1) is 8.81. The first-order valence-electron chi connectivity index (χ1n) is 5.62. The quantitative estimate of drug-likeness (QED) is 0.458. The van der Waals surface area contributed by atoms with Gasteiger partial charge >= 0.3 is 0 Å². The number of aromatic nitrogens is 2. The van der Waals surface area contributed by atoms with E-state index >= 15 is 0 Å². The van der Waals surface area contributed by atoms with Gasteiger partial charge in [0, 0.05) is 4.47 Å². The summed E-state index contributed by atoms with van der Waals surface area (Å²) in [4.78, 5) is 0. The van der Waals surface area contributed by atoms with Crippen LogP contribution in [0.25, 0.3) is 10.9 Å². The Kier molecular flexibility index (Phi) is 1.93. The molecule has 1 aromatic heterocycles. The maximum Gasteiger partial charge on any atom is 0.162 e. The molecular weight excluding hydrogens is 292 g/mol. The molecule has 88 valence electrons. The second-order valence-corrected chi connectivity index (χ2v) is 5.16. The molecule has 0 saturated heterocycles. The molecule has 0 aliphatic carbocycles. The van der Waals surface area contributed by atoms with Gasteiger partial charge in [0.05, 0.1) is 28.0 Å². The molecule has 0 radical (unpaired) electrons. The lowest BCUT2D eigenvalue weighted by molar-refractivity contribution is 1.12. The number of aromatic amines is 1. The number of fused-ring (bicyclic) bond motifs is 1. The summed E-state index contributed by atoms with van der Waals surface area (Å²) in [6.45, 7) is 0. The van der Waals surface area contributed by atoms with E-state index in [2.05, 4.69) is 42.8 Å². The van der Waals surface area contributed by atoms with Crippen molar-refractivity contribution in [3.8, 4) is 0 Å². The van der Waals surface area contributed by atoms with E-state index in [0.717, 1.165) is 38.3 Å².